The molecule has 2 rings (SSSR count). The zero-order valence-electron chi connectivity index (χ0n) is 17.0. The molecule has 2 aromatic carbocycles. The Labute approximate surface area is 187 Å². The standard InChI is InChI=1S/C24H27BrClNO2/c1-3-4-5-6-7-8-13-29-24-22(26)15-18(16-23(24)28-2)14-20(17-27)19-9-11-21(25)12-10-19/h9-12,14-16H,3-8,13H2,1-2H3/b20-14+. The van der Waals surface area contributed by atoms with Crippen molar-refractivity contribution in [2.45, 2.75) is 45.4 Å². The zero-order valence-corrected chi connectivity index (χ0v) is 19.4. The van der Waals surface area contributed by atoms with Crippen LogP contribution in [-0.2, 0) is 0 Å². The van der Waals surface area contributed by atoms with Crippen LogP contribution in [0.1, 0.15) is 56.6 Å². The van der Waals surface area contributed by atoms with Gasteiger partial charge in [-0.15, -0.1) is 0 Å². The van der Waals surface area contributed by atoms with Gasteiger partial charge in [0, 0.05) is 4.47 Å². The molecule has 0 aliphatic heterocycles. The number of unbranched alkanes of at least 4 members (excludes halogenated alkanes) is 5. The van der Waals surface area contributed by atoms with E-state index in [1.54, 1.807) is 19.3 Å². The second-order valence-corrected chi connectivity index (χ2v) is 8.15. The van der Waals surface area contributed by atoms with Gasteiger partial charge in [0.05, 0.1) is 30.4 Å². The molecule has 0 aliphatic rings. The predicted octanol–water partition coefficient (Wildman–Crippen LogP) is 7.91. The van der Waals surface area contributed by atoms with Gasteiger partial charge in [-0.2, -0.15) is 5.26 Å². The highest BCUT2D eigenvalue weighted by atomic mass is 79.9. The Morgan fingerprint density at radius 3 is 2.45 bits per heavy atom. The van der Waals surface area contributed by atoms with Crippen molar-refractivity contribution in [3.63, 3.8) is 0 Å². The first-order valence-corrected chi connectivity index (χ1v) is 11.1. The number of hydrogen-bond donors (Lipinski definition) is 0. The van der Waals surface area contributed by atoms with Crippen LogP contribution in [0.15, 0.2) is 40.9 Å². The van der Waals surface area contributed by atoms with Crippen molar-refractivity contribution in [1.82, 2.24) is 0 Å². The number of rotatable bonds is 11. The van der Waals surface area contributed by atoms with E-state index in [2.05, 4.69) is 28.9 Å². The van der Waals surface area contributed by atoms with Crippen molar-refractivity contribution in [3.05, 3.63) is 57.0 Å². The number of benzene rings is 2. The molecular weight excluding hydrogens is 450 g/mol. The number of halogens is 2. The Morgan fingerprint density at radius 2 is 1.79 bits per heavy atom. The van der Waals surface area contributed by atoms with Gasteiger partial charge in [0.15, 0.2) is 11.5 Å². The number of hydrogen-bond acceptors (Lipinski definition) is 3. The Morgan fingerprint density at radius 1 is 1.10 bits per heavy atom. The highest BCUT2D eigenvalue weighted by Gasteiger charge is 2.12. The molecule has 0 heterocycles. The van der Waals surface area contributed by atoms with E-state index in [1.165, 1.54) is 25.7 Å². The average Bonchev–Trinajstić information content (AvgIpc) is 2.73. The Bertz CT molecular complexity index is 856. The maximum absolute atomic E-state index is 9.56. The van der Waals surface area contributed by atoms with Gasteiger partial charge in [0.25, 0.3) is 0 Å². The SMILES string of the molecule is CCCCCCCCOc1c(Cl)cc(/C=C(\C#N)c2ccc(Br)cc2)cc1OC. The average molecular weight is 477 g/mol. The third kappa shape index (κ3) is 7.42. The summed E-state index contributed by atoms with van der Waals surface area (Å²) in [5.41, 5.74) is 2.18. The summed E-state index contributed by atoms with van der Waals surface area (Å²) in [6.45, 7) is 2.83. The summed E-state index contributed by atoms with van der Waals surface area (Å²) < 4.78 is 12.4. The van der Waals surface area contributed by atoms with E-state index in [4.69, 9.17) is 21.1 Å². The quantitative estimate of drug-likeness (QED) is 0.188. The summed E-state index contributed by atoms with van der Waals surface area (Å²) in [4.78, 5) is 0. The van der Waals surface area contributed by atoms with E-state index in [0.29, 0.717) is 28.7 Å². The molecule has 0 fully saturated rings. The van der Waals surface area contributed by atoms with E-state index >= 15 is 0 Å². The summed E-state index contributed by atoms with van der Waals surface area (Å²) in [7, 11) is 1.59. The normalized spacial score (nSPS) is 11.2. The summed E-state index contributed by atoms with van der Waals surface area (Å²) in [5, 5.41) is 10.0. The number of nitrogens with zero attached hydrogens (tertiary/aromatic N) is 1. The minimum atomic E-state index is 0.481. The lowest BCUT2D eigenvalue weighted by molar-refractivity contribution is 0.285. The van der Waals surface area contributed by atoms with E-state index in [1.807, 2.05) is 30.3 Å². The summed E-state index contributed by atoms with van der Waals surface area (Å²) in [6, 6.07) is 13.5. The molecule has 0 saturated carbocycles. The molecule has 29 heavy (non-hydrogen) atoms. The van der Waals surface area contributed by atoms with Crippen molar-refractivity contribution in [2.75, 3.05) is 13.7 Å². The number of nitriles is 1. The van der Waals surface area contributed by atoms with Crippen molar-refractivity contribution in [3.8, 4) is 17.6 Å². The van der Waals surface area contributed by atoms with Crippen LogP contribution < -0.4 is 9.47 Å². The third-order valence-corrected chi connectivity index (χ3v) is 5.39. The molecule has 5 heteroatoms. The maximum Gasteiger partial charge on any atom is 0.179 e. The van der Waals surface area contributed by atoms with Crippen LogP contribution in [0.4, 0.5) is 0 Å². The molecule has 0 spiro atoms. The molecule has 3 nitrogen and oxygen atoms in total. The molecule has 0 N–H and O–H groups in total. The second-order valence-electron chi connectivity index (χ2n) is 6.83. The fourth-order valence-corrected chi connectivity index (χ4v) is 3.53. The highest BCUT2D eigenvalue weighted by Crippen LogP contribution is 2.37. The van der Waals surface area contributed by atoms with Gasteiger partial charge in [-0.25, -0.2) is 0 Å². The molecule has 0 atom stereocenters. The molecule has 0 saturated heterocycles. The Balaban J connectivity index is 2.10. The van der Waals surface area contributed by atoms with Crippen LogP contribution in [0.3, 0.4) is 0 Å². The largest absolute Gasteiger partial charge is 0.493 e. The van der Waals surface area contributed by atoms with Crippen molar-refractivity contribution in [2.24, 2.45) is 0 Å². The van der Waals surface area contributed by atoms with E-state index < -0.39 is 0 Å². The van der Waals surface area contributed by atoms with Gasteiger partial charge in [-0.1, -0.05) is 78.7 Å². The van der Waals surface area contributed by atoms with E-state index in [-0.39, 0.29) is 0 Å². The second kappa shape index (κ2) is 12.6. The Kier molecular flexibility index (Phi) is 10.1. The smallest absolute Gasteiger partial charge is 0.179 e. The maximum atomic E-state index is 9.56. The van der Waals surface area contributed by atoms with Crippen LogP contribution >= 0.6 is 27.5 Å². The molecule has 0 bridgehead atoms. The first-order chi connectivity index (χ1) is 14.1. The third-order valence-electron chi connectivity index (χ3n) is 4.58. The first-order valence-electron chi connectivity index (χ1n) is 9.97. The molecule has 2 aromatic rings. The fourth-order valence-electron chi connectivity index (χ4n) is 3.00. The van der Waals surface area contributed by atoms with Gasteiger partial charge >= 0.3 is 0 Å². The van der Waals surface area contributed by atoms with Crippen LogP contribution in [-0.4, -0.2) is 13.7 Å². The molecule has 0 aromatic heterocycles. The Hall–Kier alpha value is -1.96. The number of allylic oxidation sites excluding steroid dienone is 1. The number of ether oxygens (including phenoxy) is 2. The molecule has 0 amide bonds. The molecule has 154 valence electrons. The predicted molar refractivity (Wildman–Crippen MR) is 125 cm³/mol. The van der Waals surface area contributed by atoms with E-state index in [9.17, 15) is 5.26 Å². The van der Waals surface area contributed by atoms with Crippen LogP contribution in [0.5, 0.6) is 11.5 Å². The fraction of sp³-hybridized carbons (Fsp3) is 0.375. The minimum Gasteiger partial charge on any atom is -0.493 e. The van der Waals surface area contributed by atoms with Crippen molar-refractivity contribution < 1.29 is 9.47 Å². The zero-order chi connectivity index (χ0) is 21.1. The van der Waals surface area contributed by atoms with Gasteiger partial charge in [0.2, 0.25) is 0 Å². The molecular formula is C24H27BrClNO2. The summed E-state index contributed by atoms with van der Waals surface area (Å²) in [5.74, 6) is 1.13. The van der Waals surface area contributed by atoms with Gasteiger partial charge in [-0.3, -0.25) is 0 Å². The lowest BCUT2D eigenvalue weighted by Gasteiger charge is -2.13. The van der Waals surface area contributed by atoms with Gasteiger partial charge < -0.3 is 9.47 Å². The van der Waals surface area contributed by atoms with Gasteiger partial charge in [-0.05, 0) is 47.9 Å². The molecule has 0 radical (unpaired) electrons. The highest BCUT2D eigenvalue weighted by molar-refractivity contribution is 9.10. The van der Waals surface area contributed by atoms with Crippen LogP contribution in [0.25, 0.3) is 11.6 Å². The van der Waals surface area contributed by atoms with Crippen molar-refractivity contribution >= 4 is 39.2 Å². The topological polar surface area (TPSA) is 42.2 Å². The number of methoxy groups -OCH3 is 1. The lowest BCUT2D eigenvalue weighted by atomic mass is 10.0. The monoisotopic (exact) mass is 475 g/mol. The van der Waals surface area contributed by atoms with Crippen LogP contribution in [0, 0.1) is 11.3 Å². The summed E-state index contributed by atoms with van der Waals surface area (Å²) in [6.07, 6.45) is 9.00. The van der Waals surface area contributed by atoms with E-state index in [0.717, 1.165) is 28.4 Å². The minimum absolute atomic E-state index is 0.481. The van der Waals surface area contributed by atoms with Crippen molar-refractivity contribution in [1.29, 1.82) is 5.26 Å². The molecule has 0 aliphatic carbocycles. The first kappa shape index (κ1) is 23.3. The summed E-state index contributed by atoms with van der Waals surface area (Å²) >= 11 is 9.88. The van der Waals surface area contributed by atoms with Crippen LogP contribution in [0.2, 0.25) is 5.02 Å². The lowest BCUT2D eigenvalue weighted by Crippen LogP contribution is -2.00. The van der Waals surface area contributed by atoms with Gasteiger partial charge in [0.1, 0.15) is 0 Å². The molecule has 0 unspecified atom stereocenters.